The fourth-order valence-electron chi connectivity index (χ4n) is 3.27. The molecule has 0 aliphatic heterocycles. The summed E-state index contributed by atoms with van der Waals surface area (Å²) in [6.45, 7) is 7.49. The van der Waals surface area contributed by atoms with E-state index in [0.717, 1.165) is 13.0 Å². The second kappa shape index (κ2) is 5.41. The normalized spacial score (nSPS) is 18.1. The van der Waals surface area contributed by atoms with Gasteiger partial charge < -0.3 is 5.32 Å². The molecule has 0 saturated heterocycles. The molecule has 1 aromatic heterocycles. The molecule has 1 unspecified atom stereocenters. The van der Waals surface area contributed by atoms with Crippen LogP contribution in [0.1, 0.15) is 48.2 Å². The number of benzene rings is 1. The van der Waals surface area contributed by atoms with Gasteiger partial charge in [-0.2, -0.15) is 5.10 Å². The number of fused-ring (bicyclic) bond motifs is 1. The molecule has 1 N–H and O–H groups in total. The van der Waals surface area contributed by atoms with Crippen LogP contribution in [0.2, 0.25) is 0 Å². The predicted molar refractivity (Wildman–Crippen MR) is 82.4 cm³/mol. The number of nitrogens with zero attached hydrogens (tertiary/aromatic N) is 2. The molecule has 106 valence electrons. The summed E-state index contributed by atoms with van der Waals surface area (Å²) in [5, 5.41) is 8.24. The van der Waals surface area contributed by atoms with Crippen molar-refractivity contribution in [1.29, 1.82) is 0 Å². The van der Waals surface area contributed by atoms with Crippen LogP contribution >= 0.6 is 0 Å². The monoisotopic (exact) mass is 269 g/mol. The smallest absolute Gasteiger partial charge is 0.0678 e. The Labute approximate surface area is 121 Å². The fourth-order valence-corrected chi connectivity index (χ4v) is 3.27. The number of rotatable bonds is 3. The Morgan fingerprint density at radius 1 is 1.35 bits per heavy atom. The highest BCUT2D eigenvalue weighted by Gasteiger charge is 2.24. The summed E-state index contributed by atoms with van der Waals surface area (Å²) in [5.41, 5.74) is 6.58. The van der Waals surface area contributed by atoms with Gasteiger partial charge in [0.2, 0.25) is 0 Å². The third kappa shape index (κ3) is 2.27. The Kier molecular flexibility index (Phi) is 3.62. The standard InChI is InChI=1S/C17H23N3/c1-4-18-15-6-5-7-17-14(15)11-19-20(17)16-9-8-12(2)10-13(16)3/h8-11,15,18H,4-7H2,1-3H3. The number of nitrogens with one attached hydrogen (secondary N) is 1. The maximum Gasteiger partial charge on any atom is 0.0678 e. The summed E-state index contributed by atoms with van der Waals surface area (Å²) in [4.78, 5) is 0. The predicted octanol–water partition coefficient (Wildman–Crippen LogP) is 3.48. The molecular weight excluding hydrogens is 246 g/mol. The molecule has 0 amide bonds. The summed E-state index contributed by atoms with van der Waals surface area (Å²) < 4.78 is 2.15. The lowest BCUT2D eigenvalue weighted by Gasteiger charge is -2.24. The molecule has 1 atom stereocenters. The molecule has 3 rings (SSSR count). The van der Waals surface area contributed by atoms with Crippen LogP contribution in [0, 0.1) is 13.8 Å². The van der Waals surface area contributed by atoms with Crippen LogP contribution in [0.4, 0.5) is 0 Å². The van der Waals surface area contributed by atoms with Gasteiger partial charge in [-0.25, -0.2) is 4.68 Å². The molecule has 0 saturated carbocycles. The highest BCUT2D eigenvalue weighted by Crippen LogP contribution is 2.31. The highest BCUT2D eigenvalue weighted by atomic mass is 15.3. The molecule has 0 fully saturated rings. The molecule has 20 heavy (non-hydrogen) atoms. The SMILES string of the molecule is CCNC1CCCc2c1cnn2-c1ccc(C)cc1C. The summed E-state index contributed by atoms with van der Waals surface area (Å²) in [6, 6.07) is 7.06. The molecule has 1 heterocycles. The first kappa shape index (κ1) is 13.4. The first-order chi connectivity index (χ1) is 9.70. The Morgan fingerprint density at radius 2 is 2.20 bits per heavy atom. The lowest BCUT2D eigenvalue weighted by Crippen LogP contribution is -2.25. The maximum absolute atomic E-state index is 4.67. The van der Waals surface area contributed by atoms with Gasteiger partial charge in [-0.3, -0.25) is 0 Å². The molecule has 3 nitrogen and oxygen atoms in total. The summed E-state index contributed by atoms with van der Waals surface area (Å²) >= 11 is 0. The van der Waals surface area contributed by atoms with Gasteiger partial charge in [-0.1, -0.05) is 24.6 Å². The zero-order chi connectivity index (χ0) is 14.1. The first-order valence-corrected chi connectivity index (χ1v) is 7.58. The van der Waals surface area contributed by atoms with Crippen molar-refractivity contribution in [3.63, 3.8) is 0 Å². The Morgan fingerprint density at radius 3 is 2.95 bits per heavy atom. The van der Waals surface area contributed by atoms with Gasteiger partial charge in [0.05, 0.1) is 11.9 Å². The average molecular weight is 269 g/mol. The van der Waals surface area contributed by atoms with Crippen LogP contribution in [0.3, 0.4) is 0 Å². The van der Waals surface area contributed by atoms with E-state index in [1.165, 1.54) is 40.9 Å². The largest absolute Gasteiger partial charge is 0.310 e. The topological polar surface area (TPSA) is 29.9 Å². The van der Waals surface area contributed by atoms with Crippen LogP contribution in [-0.2, 0) is 6.42 Å². The fraction of sp³-hybridized carbons (Fsp3) is 0.471. The molecule has 1 aliphatic rings. The van der Waals surface area contributed by atoms with E-state index >= 15 is 0 Å². The second-order valence-electron chi connectivity index (χ2n) is 5.75. The van der Waals surface area contributed by atoms with E-state index in [-0.39, 0.29) is 0 Å². The van der Waals surface area contributed by atoms with Gasteiger partial charge in [0.15, 0.2) is 0 Å². The minimum absolute atomic E-state index is 0.475. The number of hydrogen-bond donors (Lipinski definition) is 1. The van der Waals surface area contributed by atoms with Gasteiger partial charge in [0.25, 0.3) is 0 Å². The van der Waals surface area contributed by atoms with Crippen LogP contribution in [0.25, 0.3) is 5.69 Å². The van der Waals surface area contributed by atoms with Crippen molar-refractivity contribution >= 4 is 0 Å². The zero-order valence-electron chi connectivity index (χ0n) is 12.6. The second-order valence-corrected chi connectivity index (χ2v) is 5.75. The lowest BCUT2D eigenvalue weighted by atomic mass is 9.93. The molecule has 0 spiro atoms. The van der Waals surface area contributed by atoms with Crippen molar-refractivity contribution in [2.45, 2.75) is 46.1 Å². The van der Waals surface area contributed by atoms with Crippen molar-refractivity contribution in [3.05, 3.63) is 46.8 Å². The molecule has 0 radical (unpaired) electrons. The Balaban J connectivity index is 2.04. The lowest BCUT2D eigenvalue weighted by molar-refractivity contribution is 0.467. The zero-order valence-corrected chi connectivity index (χ0v) is 12.6. The van der Waals surface area contributed by atoms with E-state index in [1.807, 2.05) is 0 Å². The van der Waals surface area contributed by atoms with E-state index in [9.17, 15) is 0 Å². The minimum Gasteiger partial charge on any atom is -0.310 e. The van der Waals surface area contributed by atoms with Crippen molar-refractivity contribution in [3.8, 4) is 5.69 Å². The maximum atomic E-state index is 4.67. The van der Waals surface area contributed by atoms with Gasteiger partial charge in [0, 0.05) is 17.3 Å². The van der Waals surface area contributed by atoms with Crippen LogP contribution in [0.5, 0.6) is 0 Å². The minimum atomic E-state index is 0.475. The van der Waals surface area contributed by atoms with Gasteiger partial charge in [-0.15, -0.1) is 0 Å². The van der Waals surface area contributed by atoms with Crippen LogP contribution in [0.15, 0.2) is 24.4 Å². The number of aromatic nitrogens is 2. The number of aryl methyl sites for hydroxylation is 2. The molecule has 3 heteroatoms. The molecule has 1 aromatic carbocycles. The van der Waals surface area contributed by atoms with E-state index in [4.69, 9.17) is 0 Å². The van der Waals surface area contributed by atoms with E-state index in [2.05, 4.69) is 60.3 Å². The van der Waals surface area contributed by atoms with Gasteiger partial charge >= 0.3 is 0 Å². The van der Waals surface area contributed by atoms with Crippen molar-refractivity contribution in [2.75, 3.05) is 6.54 Å². The van der Waals surface area contributed by atoms with E-state index in [1.54, 1.807) is 0 Å². The summed E-state index contributed by atoms with van der Waals surface area (Å²) in [6.07, 6.45) is 5.65. The van der Waals surface area contributed by atoms with Crippen molar-refractivity contribution < 1.29 is 0 Å². The van der Waals surface area contributed by atoms with Gasteiger partial charge in [-0.05, 0) is 51.3 Å². The molecule has 2 aromatic rings. The average Bonchev–Trinajstić information content (AvgIpc) is 2.84. The number of hydrogen-bond acceptors (Lipinski definition) is 2. The third-order valence-electron chi connectivity index (χ3n) is 4.21. The molecule has 1 aliphatic carbocycles. The van der Waals surface area contributed by atoms with Gasteiger partial charge in [0.1, 0.15) is 0 Å². The van der Waals surface area contributed by atoms with Crippen LogP contribution < -0.4 is 5.32 Å². The molecular formula is C17H23N3. The Hall–Kier alpha value is -1.61. The summed E-state index contributed by atoms with van der Waals surface area (Å²) in [5.74, 6) is 0. The first-order valence-electron chi connectivity index (χ1n) is 7.58. The van der Waals surface area contributed by atoms with E-state index in [0.29, 0.717) is 6.04 Å². The van der Waals surface area contributed by atoms with Crippen LogP contribution in [-0.4, -0.2) is 16.3 Å². The highest BCUT2D eigenvalue weighted by molar-refractivity contribution is 5.44. The van der Waals surface area contributed by atoms with Crippen molar-refractivity contribution in [2.24, 2.45) is 0 Å². The third-order valence-corrected chi connectivity index (χ3v) is 4.21. The van der Waals surface area contributed by atoms with E-state index < -0.39 is 0 Å². The Bertz CT molecular complexity index is 613. The quantitative estimate of drug-likeness (QED) is 0.924. The summed E-state index contributed by atoms with van der Waals surface area (Å²) in [7, 11) is 0. The molecule has 0 bridgehead atoms. The van der Waals surface area contributed by atoms with Crippen molar-refractivity contribution in [1.82, 2.24) is 15.1 Å².